The maximum Gasteiger partial charge on any atom is 0.220 e. The molecule has 9 N–H and O–H groups in total. The number of aliphatic hydroxyl groups is 8. The standard InChI is InChI=1S/C37H67NO13/c1-3-5-7-8-9-10-11-12-13-14-15-16-17-18-19-20-26(41)25(38-29(42)21-6-4-2)24-48-36-34(47)32(45)35(28(23-40)50-36)51-37-33(46)31(44)30(43)27(22-39)49-37/h15-16,19-20,25-28,30-37,39-41,43-47H,3-14,17-18,21-24H2,1-2H3,(H,38,42)/b16-15+,20-19+. The van der Waals surface area contributed by atoms with Gasteiger partial charge in [0.25, 0.3) is 0 Å². The first-order valence-electron chi connectivity index (χ1n) is 19.1. The molecular formula is C37H67NO13. The summed E-state index contributed by atoms with van der Waals surface area (Å²) in [5, 5.41) is 85.4. The molecule has 14 heteroatoms. The van der Waals surface area contributed by atoms with Crippen LogP contribution in [0.2, 0.25) is 0 Å². The van der Waals surface area contributed by atoms with E-state index in [1.165, 1.54) is 57.8 Å². The zero-order valence-electron chi connectivity index (χ0n) is 30.6. The van der Waals surface area contributed by atoms with Crippen LogP contribution in [0.3, 0.4) is 0 Å². The van der Waals surface area contributed by atoms with Crippen LogP contribution in [0.25, 0.3) is 0 Å². The zero-order chi connectivity index (χ0) is 37.6. The third-order valence-corrected chi connectivity index (χ3v) is 9.39. The molecule has 0 radical (unpaired) electrons. The van der Waals surface area contributed by atoms with Crippen molar-refractivity contribution in [2.45, 2.75) is 184 Å². The molecule has 0 aromatic carbocycles. The van der Waals surface area contributed by atoms with E-state index in [1.54, 1.807) is 6.08 Å². The first-order chi connectivity index (χ1) is 24.6. The lowest BCUT2D eigenvalue weighted by atomic mass is 9.97. The van der Waals surface area contributed by atoms with Crippen molar-refractivity contribution in [2.24, 2.45) is 0 Å². The minimum absolute atomic E-state index is 0.248. The fourth-order valence-electron chi connectivity index (χ4n) is 6.10. The monoisotopic (exact) mass is 733 g/mol. The molecule has 298 valence electrons. The fourth-order valence-corrected chi connectivity index (χ4v) is 6.10. The van der Waals surface area contributed by atoms with E-state index in [1.807, 2.05) is 13.0 Å². The molecule has 2 aliphatic rings. The molecule has 14 nitrogen and oxygen atoms in total. The number of rotatable bonds is 26. The maximum absolute atomic E-state index is 12.6. The van der Waals surface area contributed by atoms with Crippen LogP contribution in [0.4, 0.5) is 0 Å². The van der Waals surface area contributed by atoms with E-state index in [4.69, 9.17) is 18.9 Å². The summed E-state index contributed by atoms with van der Waals surface area (Å²) >= 11 is 0. The highest BCUT2D eigenvalue weighted by Gasteiger charge is 2.50. The second-order valence-electron chi connectivity index (χ2n) is 13.7. The molecule has 2 aliphatic heterocycles. The SMILES string of the molecule is CCCCCCCCCCC/C=C/CC/C=C/C(O)C(COC1OC(CO)C(OC2OC(CO)C(O)C(O)C2O)C(O)C1O)NC(=O)CCCC. The summed E-state index contributed by atoms with van der Waals surface area (Å²) in [6, 6.07) is -0.920. The number of carbonyl (C=O) groups is 1. The van der Waals surface area contributed by atoms with Gasteiger partial charge >= 0.3 is 0 Å². The van der Waals surface area contributed by atoms with Crippen molar-refractivity contribution in [2.75, 3.05) is 19.8 Å². The molecular weight excluding hydrogens is 666 g/mol. The summed E-state index contributed by atoms with van der Waals surface area (Å²) in [5.41, 5.74) is 0. The van der Waals surface area contributed by atoms with E-state index >= 15 is 0 Å². The van der Waals surface area contributed by atoms with Crippen molar-refractivity contribution < 1.29 is 64.6 Å². The van der Waals surface area contributed by atoms with Gasteiger partial charge in [-0.1, -0.05) is 95.9 Å². The minimum atomic E-state index is -1.78. The molecule has 0 saturated carbocycles. The van der Waals surface area contributed by atoms with Gasteiger partial charge in [0.2, 0.25) is 5.91 Å². The van der Waals surface area contributed by atoms with Gasteiger partial charge in [-0.2, -0.15) is 0 Å². The van der Waals surface area contributed by atoms with Gasteiger partial charge in [0.15, 0.2) is 12.6 Å². The number of unbranched alkanes of at least 4 members (excludes halogenated alkanes) is 11. The second kappa shape index (κ2) is 26.3. The molecule has 0 aliphatic carbocycles. The smallest absolute Gasteiger partial charge is 0.220 e. The van der Waals surface area contributed by atoms with Crippen molar-refractivity contribution in [3.05, 3.63) is 24.3 Å². The van der Waals surface area contributed by atoms with Crippen LogP contribution in [0, 0.1) is 0 Å². The third-order valence-electron chi connectivity index (χ3n) is 9.39. The lowest BCUT2D eigenvalue weighted by molar-refractivity contribution is -0.359. The quantitative estimate of drug-likeness (QED) is 0.0454. The predicted molar refractivity (Wildman–Crippen MR) is 189 cm³/mol. The molecule has 1 amide bonds. The molecule has 2 rings (SSSR count). The molecule has 0 aromatic heterocycles. The lowest BCUT2D eigenvalue weighted by Crippen LogP contribution is -2.65. The van der Waals surface area contributed by atoms with Gasteiger partial charge in [0.1, 0.15) is 48.8 Å². The largest absolute Gasteiger partial charge is 0.394 e. The number of amides is 1. The molecule has 0 aromatic rings. The summed E-state index contributed by atoms with van der Waals surface area (Å²) < 4.78 is 22.3. The lowest BCUT2D eigenvalue weighted by Gasteiger charge is -2.46. The summed E-state index contributed by atoms with van der Waals surface area (Å²) in [6.07, 6.45) is 6.64. The van der Waals surface area contributed by atoms with Crippen LogP contribution in [-0.4, -0.2) is 140 Å². The van der Waals surface area contributed by atoms with Crippen LogP contribution < -0.4 is 5.32 Å². The molecule has 2 saturated heterocycles. The van der Waals surface area contributed by atoms with Gasteiger partial charge in [-0.25, -0.2) is 0 Å². The van der Waals surface area contributed by atoms with E-state index in [0.29, 0.717) is 12.8 Å². The third kappa shape index (κ3) is 16.2. The highest BCUT2D eigenvalue weighted by atomic mass is 16.7. The average Bonchev–Trinajstić information content (AvgIpc) is 3.13. The molecule has 12 atom stereocenters. The summed E-state index contributed by atoms with van der Waals surface area (Å²) in [5.74, 6) is -0.288. The van der Waals surface area contributed by atoms with Crippen LogP contribution in [0.15, 0.2) is 24.3 Å². The number of nitrogens with one attached hydrogen (secondary N) is 1. The van der Waals surface area contributed by atoms with E-state index in [-0.39, 0.29) is 18.9 Å². The number of allylic oxidation sites excluding steroid dienone is 3. The molecule has 2 heterocycles. The average molecular weight is 734 g/mol. The Labute approximate surface area is 303 Å². The topological polar surface area (TPSA) is 228 Å². The van der Waals surface area contributed by atoms with Crippen molar-refractivity contribution in [3.8, 4) is 0 Å². The number of hydrogen-bond donors (Lipinski definition) is 9. The van der Waals surface area contributed by atoms with Crippen LogP contribution in [-0.2, 0) is 23.7 Å². The van der Waals surface area contributed by atoms with Crippen molar-refractivity contribution in [3.63, 3.8) is 0 Å². The van der Waals surface area contributed by atoms with Crippen LogP contribution in [0.1, 0.15) is 110 Å². The van der Waals surface area contributed by atoms with Gasteiger partial charge < -0.3 is 65.1 Å². The van der Waals surface area contributed by atoms with E-state index in [0.717, 1.165) is 19.3 Å². The summed E-state index contributed by atoms with van der Waals surface area (Å²) in [4.78, 5) is 12.6. The highest BCUT2D eigenvalue weighted by molar-refractivity contribution is 5.76. The fraction of sp³-hybridized carbons (Fsp3) is 0.865. The van der Waals surface area contributed by atoms with Crippen LogP contribution in [0.5, 0.6) is 0 Å². The zero-order valence-corrected chi connectivity index (χ0v) is 30.6. The highest BCUT2D eigenvalue weighted by Crippen LogP contribution is 2.29. The molecule has 0 bridgehead atoms. The maximum atomic E-state index is 12.6. The summed E-state index contributed by atoms with van der Waals surface area (Å²) in [6.45, 7) is 2.45. The van der Waals surface area contributed by atoms with Gasteiger partial charge in [-0.15, -0.1) is 0 Å². The Morgan fingerprint density at radius 3 is 1.90 bits per heavy atom. The van der Waals surface area contributed by atoms with Crippen LogP contribution >= 0.6 is 0 Å². The molecule has 51 heavy (non-hydrogen) atoms. The Morgan fingerprint density at radius 2 is 1.25 bits per heavy atom. The second-order valence-corrected chi connectivity index (χ2v) is 13.7. The number of ether oxygens (including phenoxy) is 4. The Kier molecular flexibility index (Phi) is 23.5. The Balaban J connectivity index is 1.88. The number of carbonyl (C=O) groups excluding carboxylic acids is 1. The van der Waals surface area contributed by atoms with E-state index in [9.17, 15) is 45.6 Å². The van der Waals surface area contributed by atoms with Gasteiger partial charge in [0, 0.05) is 6.42 Å². The molecule has 2 fully saturated rings. The molecule has 0 spiro atoms. The minimum Gasteiger partial charge on any atom is -0.394 e. The van der Waals surface area contributed by atoms with Gasteiger partial charge in [0.05, 0.1) is 32.0 Å². The van der Waals surface area contributed by atoms with Crippen molar-refractivity contribution in [1.82, 2.24) is 5.32 Å². The van der Waals surface area contributed by atoms with E-state index in [2.05, 4.69) is 24.4 Å². The normalized spacial score (nSPS) is 31.3. The van der Waals surface area contributed by atoms with Crippen molar-refractivity contribution >= 4 is 5.91 Å². The Morgan fingerprint density at radius 1 is 0.686 bits per heavy atom. The van der Waals surface area contributed by atoms with Crippen molar-refractivity contribution in [1.29, 1.82) is 0 Å². The van der Waals surface area contributed by atoms with Gasteiger partial charge in [-0.3, -0.25) is 4.79 Å². The number of hydrogen-bond acceptors (Lipinski definition) is 13. The predicted octanol–water partition coefficient (Wildman–Crippen LogP) is 1.48. The first-order valence-corrected chi connectivity index (χ1v) is 19.1. The van der Waals surface area contributed by atoms with Gasteiger partial charge in [-0.05, 0) is 32.1 Å². The number of aliphatic hydroxyl groups excluding tert-OH is 8. The summed E-state index contributed by atoms with van der Waals surface area (Å²) in [7, 11) is 0. The van der Waals surface area contributed by atoms with E-state index < -0.39 is 86.8 Å². The Hall–Kier alpha value is -1.53. The Bertz CT molecular complexity index is 967. The first kappa shape index (κ1) is 45.6. The molecule has 12 unspecified atom stereocenters.